The summed E-state index contributed by atoms with van der Waals surface area (Å²) in [6, 6.07) is 12.3. The van der Waals surface area contributed by atoms with Crippen LogP contribution in [0.5, 0.6) is 11.5 Å². The molecule has 0 saturated heterocycles. The average Bonchev–Trinajstić information content (AvgIpc) is 2.64. The van der Waals surface area contributed by atoms with E-state index in [1.807, 2.05) is 26.0 Å². The van der Waals surface area contributed by atoms with Crippen molar-refractivity contribution < 1.29 is 19.1 Å². The number of benzene rings is 2. The van der Waals surface area contributed by atoms with Crippen LogP contribution in [0.2, 0.25) is 5.02 Å². The van der Waals surface area contributed by atoms with Crippen molar-refractivity contribution in [3.05, 3.63) is 58.6 Å². The molecule has 27 heavy (non-hydrogen) atoms. The number of rotatable bonds is 6. The number of hydrogen-bond acceptors (Lipinski definition) is 4. The first kappa shape index (κ1) is 20.6. The van der Waals surface area contributed by atoms with Crippen molar-refractivity contribution >= 4 is 23.4 Å². The first-order chi connectivity index (χ1) is 12.8. The fourth-order valence-electron chi connectivity index (χ4n) is 2.19. The van der Waals surface area contributed by atoms with Gasteiger partial charge in [0.25, 0.3) is 11.8 Å². The third-order valence-electron chi connectivity index (χ3n) is 4.03. The molecule has 0 saturated carbocycles. The lowest BCUT2D eigenvalue weighted by atomic mass is 10.1. The van der Waals surface area contributed by atoms with Gasteiger partial charge in [0.2, 0.25) is 0 Å². The van der Waals surface area contributed by atoms with Crippen molar-refractivity contribution in [2.24, 2.45) is 0 Å². The van der Waals surface area contributed by atoms with Crippen molar-refractivity contribution in [3.8, 4) is 11.5 Å². The number of halogens is 1. The van der Waals surface area contributed by atoms with Crippen molar-refractivity contribution in [2.45, 2.75) is 39.9 Å². The topological polar surface area (TPSA) is 76.7 Å². The van der Waals surface area contributed by atoms with Gasteiger partial charge < -0.3 is 9.47 Å². The lowest BCUT2D eigenvalue weighted by Crippen LogP contribution is -2.50. The van der Waals surface area contributed by atoms with E-state index in [2.05, 4.69) is 10.9 Å². The highest BCUT2D eigenvalue weighted by Gasteiger charge is 2.19. The number of carbonyl (C=O) groups is 2. The van der Waals surface area contributed by atoms with Crippen LogP contribution >= 0.6 is 11.6 Å². The van der Waals surface area contributed by atoms with E-state index in [9.17, 15) is 9.59 Å². The number of hydrazine groups is 1. The van der Waals surface area contributed by atoms with Crippen LogP contribution in [0.4, 0.5) is 0 Å². The van der Waals surface area contributed by atoms with Crippen LogP contribution in [0.3, 0.4) is 0 Å². The largest absolute Gasteiger partial charge is 0.481 e. The molecule has 6 nitrogen and oxygen atoms in total. The van der Waals surface area contributed by atoms with Gasteiger partial charge in [-0.1, -0.05) is 23.7 Å². The second-order valence-corrected chi connectivity index (χ2v) is 6.59. The van der Waals surface area contributed by atoms with Gasteiger partial charge in [0.15, 0.2) is 12.2 Å². The number of hydrogen-bond donors (Lipinski definition) is 2. The molecular weight excluding hydrogens is 368 g/mol. The predicted molar refractivity (Wildman–Crippen MR) is 104 cm³/mol. The van der Waals surface area contributed by atoms with E-state index in [0.29, 0.717) is 16.5 Å². The summed E-state index contributed by atoms with van der Waals surface area (Å²) in [5, 5.41) is 0.574. The van der Waals surface area contributed by atoms with Gasteiger partial charge in [0, 0.05) is 5.02 Å². The Bertz CT molecular complexity index is 808. The van der Waals surface area contributed by atoms with Crippen molar-refractivity contribution in [3.63, 3.8) is 0 Å². The SMILES string of the molecule is Cc1cccc(O[C@@H](C)C(=O)NNC(=O)[C@H](C)Oc2ccc(Cl)cc2)c1C. The van der Waals surface area contributed by atoms with Gasteiger partial charge in [-0.3, -0.25) is 20.4 Å². The van der Waals surface area contributed by atoms with Crippen molar-refractivity contribution in [1.82, 2.24) is 10.9 Å². The van der Waals surface area contributed by atoms with Crippen LogP contribution in [0.25, 0.3) is 0 Å². The summed E-state index contributed by atoms with van der Waals surface area (Å²) >= 11 is 5.81. The molecule has 2 atom stereocenters. The Kier molecular flexibility index (Phi) is 7.07. The third-order valence-corrected chi connectivity index (χ3v) is 4.28. The number of aryl methyl sites for hydroxylation is 1. The van der Waals surface area contributed by atoms with Gasteiger partial charge in [-0.05, 0) is 69.2 Å². The monoisotopic (exact) mass is 390 g/mol. The molecule has 0 spiro atoms. The molecular formula is C20H23ClN2O4. The summed E-state index contributed by atoms with van der Waals surface area (Å²) in [6.45, 7) is 7.07. The molecule has 2 N–H and O–H groups in total. The molecule has 0 aliphatic heterocycles. The molecule has 0 unspecified atom stereocenters. The zero-order valence-corrected chi connectivity index (χ0v) is 16.5. The molecule has 2 rings (SSSR count). The highest BCUT2D eigenvalue weighted by Crippen LogP contribution is 2.21. The minimum atomic E-state index is -0.804. The van der Waals surface area contributed by atoms with Gasteiger partial charge in [-0.15, -0.1) is 0 Å². The highest BCUT2D eigenvalue weighted by molar-refractivity contribution is 6.30. The molecule has 2 aromatic rings. The number of ether oxygens (including phenoxy) is 2. The molecule has 144 valence electrons. The van der Waals surface area contributed by atoms with Crippen LogP contribution in [0.1, 0.15) is 25.0 Å². The van der Waals surface area contributed by atoms with Crippen LogP contribution < -0.4 is 20.3 Å². The fourth-order valence-corrected chi connectivity index (χ4v) is 2.32. The van der Waals surface area contributed by atoms with Gasteiger partial charge in [0.1, 0.15) is 11.5 Å². The molecule has 2 aromatic carbocycles. The molecule has 2 amide bonds. The second kappa shape index (κ2) is 9.28. The Balaban J connectivity index is 1.83. The summed E-state index contributed by atoms with van der Waals surface area (Å²) < 4.78 is 11.2. The summed E-state index contributed by atoms with van der Waals surface area (Å²) in [7, 11) is 0. The predicted octanol–water partition coefficient (Wildman–Crippen LogP) is 3.34. The first-order valence-corrected chi connectivity index (χ1v) is 8.90. The van der Waals surface area contributed by atoms with Crippen LogP contribution in [-0.4, -0.2) is 24.0 Å². The Morgan fingerprint density at radius 3 is 2.04 bits per heavy atom. The minimum absolute atomic E-state index is 0.469. The normalized spacial score (nSPS) is 12.6. The quantitative estimate of drug-likeness (QED) is 0.741. The van der Waals surface area contributed by atoms with E-state index in [4.69, 9.17) is 21.1 Å². The Morgan fingerprint density at radius 1 is 0.889 bits per heavy atom. The standard InChI is InChI=1S/C20H23ClN2O4/c1-12-6-5-7-18(13(12)2)27-15(4)20(25)23-22-19(24)14(3)26-17-10-8-16(21)9-11-17/h5-11,14-15H,1-4H3,(H,22,24)(H,23,25)/t14-,15-/m0/s1. The van der Waals surface area contributed by atoms with Gasteiger partial charge in [-0.2, -0.15) is 0 Å². The first-order valence-electron chi connectivity index (χ1n) is 8.52. The second-order valence-electron chi connectivity index (χ2n) is 6.15. The molecule has 0 bridgehead atoms. The number of carbonyl (C=O) groups excluding carboxylic acids is 2. The van der Waals surface area contributed by atoms with E-state index >= 15 is 0 Å². The van der Waals surface area contributed by atoms with E-state index in [1.54, 1.807) is 44.2 Å². The van der Waals surface area contributed by atoms with E-state index in [0.717, 1.165) is 11.1 Å². The highest BCUT2D eigenvalue weighted by atomic mass is 35.5. The maximum absolute atomic E-state index is 12.2. The summed E-state index contributed by atoms with van der Waals surface area (Å²) in [6.07, 6.45) is -1.58. The Labute approximate surface area is 163 Å². The zero-order valence-electron chi connectivity index (χ0n) is 15.7. The van der Waals surface area contributed by atoms with E-state index in [-0.39, 0.29) is 0 Å². The maximum atomic E-state index is 12.2. The zero-order chi connectivity index (χ0) is 20.0. The molecule has 0 fully saturated rings. The Hall–Kier alpha value is -2.73. The van der Waals surface area contributed by atoms with Gasteiger partial charge in [0.05, 0.1) is 0 Å². The summed E-state index contributed by atoms with van der Waals surface area (Å²) in [5.74, 6) is 0.170. The Morgan fingerprint density at radius 2 is 1.44 bits per heavy atom. The molecule has 7 heteroatoms. The van der Waals surface area contributed by atoms with E-state index < -0.39 is 24.0 Å². The van der Waals surface area contributed by atoms with Crippen LogP contribution in [0.15, 0.2) is 42.5 Å². The van der Waals surface area contributed by atoms with Crippen LogP contribution in [0, 0.1) is 13.8 Å². The maximum Gasteiger partial charge on any atom is 0.279 e. The smallest absolute Gasteiger partial charge is 0.279 e. The van der Waals surface area contributed by atoms with Gasteiger partial charge >= 0.3 is 0 Å². The average molecular weight is 391 g/mol. The molecule has 0 aliphatic carbocycles. The number of amides is 2. The van der Waals surface area contributed by atoms with Crippen molar-refractivity contribution in [2.75, 3.05) is 0 Å². The van der Waals surface area contributed by atoms with Gasteiger partial charge in [-0.25, -0.2) is 0 Å². The third kappa shape index (κ3) is 5.89. The molecule has 0 aliphatic rings. The summed E-state index contributed by atoms with van der Waals surface area (Å²) in [4.78, 5) is 24.2. The lowest BCUT2D eigenvalue weighted by molar-refractivity contribution is -0.135. The number of nitrogens with one attached hydrogen (secondary N) is 2. The minimum Gasteiger partial charge on any atom is -0.481 e. The molecule has 0 radical (unpaired) electrons. The molecule has 0 aromatic heterocycles. The van der Waals surface area contributed by atoms with Crippen molar-refractivity contribution in [1.29, 1.82) is 0 Å². The fraction of sp³-hybridized carbons (Fsp3) is 0.300. The lowest BCUT2D eigenvalue weighted by Gasteiger charge is -2.19. The van der Waals surface area contributed by atoms with E-state index in [1.165, 1.54) is 0 Å². The van der Waals surface area contributed by atoms with Crippen LogP contribution in [-0.2, 0) is 9.59 Å². The summed E-state index contributed by atoms with van der Waals surface area (Å²) in [5.41, 5.74) is 6.72. The molecule has 0 heterocycles.